The number of aromatic nitrogens is 2. The molecule has 0 bridgehead atoms. The highest BCUT2D eigenvalue weighted by molar-refractivity contribution is 6.32. The number of anilines is 1. The number of carbonyl (C=O) groups excluding carboxylic acids is 1. The van der Waals surface area contributed by atoms with Crippen molar-refractivity contribution < 1.29 is 23.6 Å². The van der Waals surface area contributed by atoms with Crippen molar-refractivity contribution in [1.29, 1.82) is 0 Å². The van der Waals surface area contributed by atoms with Crippen LogP contribution in [0.5, 0.6) is 11.5 Å². The van der Waals surface area contributed by atoms with Crippen LogP contribution in [0.3, 0.4) is 0 Å². The first-order chi connectivity index (χ1) is 16.4. The largest absolute Gasteiger partial charge is 0.484 e. The summed E-state index contributed by atoms with van der Waals surface area (Å²) >= 11 is 11.9. The molecule has 1 N–H and O–H groups in total. The van der Waals surface area contributed by atoms with Crippen LogP contribution < -0.4 is 14.8 Å². The number of hydrogen-bond donors (Lipinski definition) is 1. The van der Waals surface area contributed by atoms with Gasteiger partial charge in [-0.3, -0.25) is 14.9 Å². The van der Waals surface area contributed by atoms with Gasteiger partial charge in [0.15, 0.2) is 12.5 Å². The Balaban J connectivity index is 1.31. The highest BCUT2D eigenvalue weighted by atomic mass is 35.5. The molecular formula is C22H16Cl2N4O6. The fourth-order valence-electron chi connectivity index (χ4n) is 2.83. The van der Waals surface area contributed by atoms with Crippen molar-refractivity contribution in [1.82, 2.24) is 9.78 Å². The normalized spacial score (nSPS) is 10.6. The first-order valence-corrected chi connectivity index (χ1v) is 10.5. The van der Waals surface area contributed by atoms with Crippen LogP contribution in [0.25, 0.3) is 0 Å². The van der Waals surface area contributed by atoms with E-state index in [4.69, 9.17) is 37.1 Å². The lowest BCUT2D eigenvalue weighted by Crippen LogP contribution is -2.10. The van der Waals surface area contributed by atoms with E-state index in [9.17, 15) is 14.9 Å². The zero-order valence-electron chi connectivity index (χ0n) is 17.3. The lowest BCUT2D eigenvalue weighted by atomic mass is 10.3. The maximum Gasteiger partial charge on any atom is 0.291 e. The summed E-state index contributed by atoms with van der Waals surface area (Å²) in [5.41, 5.74) is 0.287. The number of benzene rings is 2. The number of non-ortho nitro benzene ring substituents is 1. The number of hydrogen-bond acceptors (Lipinski definition) is 7. The van der Waals surface area contributed by atoms with Gasteiger partial charge in [0.25, 0.3) is 11.6 Å². The van der Waals surface area contributed by atoms with Gasteiger partial charge in [-0.2, -0.15) is 5.10 Å². The second-order valence-electron chi connectivity index (χ2n) is 6.88. The molecule has 174 valence electrons. The number of nitrogens with one attached hydrogen (secondary N) is 1. The van der Waals surface area contributed by atoms with Crippen LogP contribution in [0.4, 0.5) is 11.4 Å². The number of nitro groups is 1. The summed E-state index contributed by atoms with van der Waals surface area (Å²) in [7, 11) is 0. The van der Waals surface area contributed by atoms with E-state index in [0.29, 0.717) is 22.2 Å². The van der Waals surface area contributed by atoms with Gasteiger partial charge in [0.1, 0.15) is 23.9 Å². The maximum absolute atomic E-state index is 12.5. The van der Waals surface area contributed by atoms with Crippen LogP contribution >= 0.6 is 23.2 Å². The summed E-state index contributed by atoms with van der Waals surface area (Å²) in [6.07, 6.45) is 3.07. The molecule has 0 radical (unpaired) electrons. The highest BCUT2D eigenvalue weighted by Crippen LogP contribution is 2.29. The molecule has 0 aliphatic heterocycles. The van der Waals surface area contributed by atoms with Gasteiger partial charge in [-0.05, 0) is 36.4 Å². The minimum Gasteiger partial charge on any atom is -0.484 e. The molecule has 0 aliphatic carbocycles. The summed E-state index contributed by atoms with van der Waals surface area (Å²) in [6.45, 7) is 0.0472. The molecule has 1 amide bonds. The number of ether oxygens (including phenoxy) is 2. The van der Waals surface area contributed by atoms with Crippen LogP contribution in [0.15, 0.2) is 71.4 Å². The van der Waals surface area contributed by atoms with Gasteiger partial charge >= 0.3 is 0 Å². The molecule has 34 heavy (non-hydrogen) atoms. The topological polar surface area (TPSA) is 122 Å². The van der Waals surface area contributed by atoms with Crippen molar-refractivity contribution in [3.8, 4) is 11.5 Å². The number of halogens is 2. The van der Waals surface area contributed by atoms with Crippen LogP contribution in [0.2, 0.25) is 10.0 Å². The predicted octanol–water partition coefficient (Wildman–Crippen LogP) is 5.56. The molecule has 12 heteroatoms. The molecule has 0 spiro atoms. The zero-order valence-corrected chi connectivity index (χ0v) is 18.8. The summed E-state index contributed by atoms with van der Waals surface area (Å²) in [4.78, 5) is 22.8. The van der Waals surface area contributed by atoms with Crippen molar-refractivity contribution in [3.63, 3.8) is 0 Å². The van der Waals surface area contributed by atoms with E-state index < -0.39 is 10.8 Å². The van der Waals surface area contributed by atoms with E-state index in [1.54, 1.807) is 36.5 Å². The van der Waals surface area contributed by atoms with E-state index in [-0.39, 0.29) is 35.6 Å². The molecule has 0 saturated heterocycles. The molecular weight excluding hydrogens is 487 g/mol. The number of nitro benzene ring substituents is 1. The molecule has 10 nitrogen and oxygen atoms in total. The molecule has 0 fully saturated rings. The zero-order chi connectivity index (χ0) is 24.1. The molecule has 2 aromatic carbocycles. The second kappa shape index (κ2) is 10.3. The van der Waals surface area contributed by atoms with E-state index >= 15 is 0 Å². The van der Waals surface area contributed by atoms with Crippen molar-refractivity contribution in [2.45, 2.75) is 13.3 Å². The lowest BCUT2D eigenvalue weighted by molar-refractivity contribution is -0.384. The Morgan fingerprint density at radius 2 is 2.00 bits per heavy atom. The average molecular weight is 503 g/mol. The third kappa shape index (κ3) is 5.85. The van der Waals surface area contributed by atoms with Crippen LogP contribution in [-0.2, 0) is 13.3 Å². The third-order valence-electron chi connectivity index (χ3n) is 4.43. The number of carbonyl (C=O) groups is 1. The number of rotatable bonds is 9. The van der Waals surface area contributed by atoms with Gasteiger partial charge in [0.05, 0.1) is 34.1 Å². The predicted molar refractivity (Wildman–Crippen MR) is 123 cm³/mol. The fourth-order valence-corrected chi connectivity index (χ4v) is 3.18. The van der Waals surface area contributed by atoms with Crippen molar-refractivity contribution >= 4 is 40.5 Å². The first kappa shape index (κ1) is 23.1. The van der Waals surface area contributed by atoms with Crippen molar-refractivity contribution in [2.75, 3.05) is 5.32 Å². The summed E-state index contributed by atoms with van der Waals surface area (Å²) < 4.78 is 18.1. The second-order valence-corrected chi connectivity index (χ2v) is 7.72. The Morgan fingerprint density at radius 3 is 2.79 bits per heavy atom. The van der Waals surface area contributed by atoms with Crippen LogP contribution in [0.1, 0.15) is 16.3 Å². The SMILES string of the molecule is O=C(Nc1cnn(COc2cccc(Cl)c2)c1)c1ccc(COc2cc([N+](=O)[O-])ccc2Cl)o1. The molecule has 4 aromatic rings. The van der Waals surface area contributed by atoms with Gasteiger partial charge in [0, 0.05) is 11.1 Å². The Kier molecular flexibility index (Phi) is 7.00. The van der Waals surface area contributed by atoms with E-state index in [1.165, 1.54) is 35.1 Å². The van der Waals surface area contributed by atoms with Crippen molar-refractivity contribution in [2.24, 2.45) is 0 Å². The number of nitrogens with zero attached hydrogens (tertiary/aromatic N) is 3. The summed E-state index contributed by atoms with van der Waals surface area (Å²) in [5.74, 6) is 0.607. The lowest BCUT2D eigenvalue weighted by Gasteiger charge is -2.06. The fraction of sp³-hybridized carbons (Fsp3) is 0.0909. The molecule has 0 saturated carbocycles. The molecule has 0 unspecified atom stereocenters. The first-order valence-electron chi connectivity index (χ1n) is 9.75. The Labute approximate surface area is 202 Å². The minimum atomic E-state index is -0.552. The van der Waals surface area contributed by atoms with Gasteiger partial charge in [-0.1, -0.05) is 29.3 Å². The Bertz CT molecular complexity index is 1340. The van der Waals surface area contributed by atoms with E-state index in [2.05, 4.69) is 10.4 Å². The summed E-state index contributed by atoms with van der Waals surface area (Å²) in [6, 6.07) is 13.9. The Morgan fingerprint density at radius 1 is 1.15 bits per heavy atom. The highest BCUT2D eigenvalue weighted by Gasteiger charge is 2.15. The Hall–Kier alpha value is -4.02. The molecule has 0 atom stereocenters. The standard InChI is InChI=1S/C22H16Cl2N4O6/c23-14-2-1-3-17(8-14)33-13-27-11-15(10-25-27)26-22(29)20-7-5-18(34-20)12-32-21-9-16(28(30)31)4-6-19(21)24/h1-11H,12-13H2,(H,26,29). The smallest absolute Gasteiger partial charge is 0.291 e. The van der Waals surface area contributed by atoms with Crippen molar-refractivity contribution in [3.05, 3.63) is 98.7 Å². The van der Waals surface area contributed by atoms with Gasteiger partial charge < -0.3 is 19.2 Å². The van der Waals surface area contributed by atoms with Gasteiger partial charge in [0.2, 0.25) is 0 Å². The van der Waals surface area contributed by atoms with E-state index in [1.807, 2.05) is 0 Å². The monoisotopic (exact) mass is 502 g/mol. The van der Waals surface area contributed by atoms with E-state index in [0.717, 1.165) is 0 Å². The minimum absolute atomic E-state index is 0.0478. The number of furan rings is 1. The molecule has 0 aliphatic rings. The van der Waals surface area contributed by atoms with Gasteiger partial charge in [-0.15, -0.1) is 0 Å². The molecule has 2 heterocycles. The third-order valence-corrected chi connectivity index (χ3v) is 4.98. The maximum atomic E-state index is 12.5. The van der Waals surface area contributed by atoms with Crippen LogP contribution in [0, 0.1) is 10.1 Å². The molecule has 4 rings (SSSR count). The average Bonchev–Trinajstić information content (AvgIpc) is 3.47. The quantitative estimate of drug-likeness (QED) is 0.234. The molecule has 2 aromatic heterocycles. The van der Waals surface area contributed by atoms with Gasteiger partial charge in [-0.25, -0.2) is 4.68 Å². The number of amides is 1. The summed E-state index contributed by atoms with van der Waals surface area (Å²) in [5, 5.41) is 18.5. The van der Waals surface area contributed by atoms with Crippen LogP contribution in [-0.4, -0.2) is 20.6 Å².